The number of hydrogen-bond acceptors (Lipinski definition) is 2. The molecule has 1 fully saturated rings. The Bertz CT molecular complexity index is 340. The molecule has 1 aromatic rings. The molecule has 82 valence electrons. The van der Waals surface area contributed by atoms with Crippen molar-refractivity contribution >= 4 is 17.2 Å². The molecule has 1 aliphatic heterocycles. The van der Waals surface area contributed by atoms with E-state index in [1.807, 2.05) is 5.38 Å². The molecule has 1 amide bonds. The minimum absolute atomic E-state index is 0.133. The molecular formula is C10H11F2NOS. The number of halogens is 2. The van der Waals surface area contributed by atoms with Gasteiger partial charge in [0.25, 0.3) is 11.8 Å². The van der Waals surface area contributed by atoms with Crippen LogP contribution in [0.1, 0.15) is 23.2 Å². The maximum atomic E-state index is 12.8. The largest absolute Gasteiger partial charge is 0.338 e. The highest BCUT2D eigenvalue weighted by Gasteiger charge is 2.35. The molecule has 0 spiro atoms. The fourth-order valence-electron chi connectivity index (χ4n) is 1.61. The molecule has 0 radical (unpaired) electrons. The van der Waals surface area contributed by atoms with Crippen molar-refractivity contribution in [3.63, 3.8) is 0 Å². The van der Waals surface area contributed by atoms with Crippen LogP contribution in [0.2, 0.25) is 0 Å². The van der Waals surface area contributed by atoms with Crippen molar-refractivity contribution in [2.75, 3.05) is 13.1 Å². The normalized spacial score (nSPS) is 20.3. The summed E-state index contributed by atoms with van der Waals surface area (Å²) in [5.74, 6) is -2.72. The van der Waals surface area contributed by atoms with Crippen LogP contribution in [0.3, 0.4) is 0 Å². The summed E-state index contributed by atoms with van der Waals surface area (Å²) in [7, 11) is 0. The van der Waals surface area contributed by atoms with Crippen LogP contribution in [0.15, 0.2) is 16.8 Å². The molecule has 2 rings (SSSR count). The average Bonchev–Trinajstić information content (AvgIpc) is 2.69. The molecule has 1 saturated heterocycles. The Kier molecular flexibility index (Phi) is 2.73. The first-order valence-corrected chi connectivity index (χ1v) is 5.72. The lowest BCUT2D eigenvalue weighted by molar-refractivity contribution is -0.0494. The average molecular weight is 231 g/mol. The highest BCUT2D eigenvalue weighted by molar-refractivity contribution is 7.08. The minimum Gasteiger partial charge on any atom is -0.338 e. The van der Waals surface area contributed by atoms with Crippen LogP contribution >= 0.6 is 11.3 Å². The van der Waals surface area contributed by atoms with Crippen molar-refractivity contribution in [2.24, 2.45) is 0 Å². The molecule has 0 atom stereocenters. The maximum Gasteiger partial charge on any atom is 0.254 e. The summed E-state index contributed by atoms with van der Waals surface area (Å²) < 4.78 is 25.7. The number of carbonyl (C=O) groups is 1. The molecule has 5 heteroatoms. The Morgan fingerprint density at radius 3 is 2.60 bits per heavy atom. The van der Waals surface area contributed by atoms with E-state index in [0.29, 0.717) is 5.56 Å². The van der Waals surface area contributed by atoms with Crippen LogP contribution in [0.5, 0.6) is 0 Å². The van der Waals surface area contributed by atoms with E-state index in [9.17, 15) is 13.6 Å². The van der Waals surface area contributed by atoms with E-state index in [-0.39, 0.29) is 31.8 Å². The SMILES string of the molecule is O=C(c1ccsc1)N1CCC(F)(F)CC1. The van der Waals surface area contributed by atoms with E-state index in [2.05, 4.69) is 0 Å². The van der Waals surface area contributed by atoms with E-state index in [4.69, 9.17) is 0 Å². The van der Waals surface area contributed by atoms with Gasteiger partial charge >= 0.3 is 0 Å². The summed E-state index contributed by atoms with van der Waals surface area (Å²) in [4.78, 5) is 13.3. The Morgan fingerprint density at radius 1 is 1.40 bits per heavy atom. The second kappa shape index (κ2) is 3.89. The highest BCUT2D eigenvalue weighted by atomic mass is 32.1. The fraction of sp³-hybridized carbons (Fsp3) is 0.500. The number of thiophene rings is 1. The summed E-state index contributed by atoms with van der Waals surface area (Å²) in [6.45, 7) is 0.309. The number of amides is 1. The van der Waals surface area contributed by atoms with E-state index < -0.39 is 5.92 Å². The number of likely N-dealkylation sites (tertiary alicyclic amines) is 1. The lowest BCUT2D eigenvalue weighted by Gasteiger charge is -2.31. The molecule has 0 aromatic carbocycles. The molecular weight excluding hydrogens is 220 g/mol. The maximum absolute atomic E-state index is 12.8. The lowest BCUT2D eigenvalue weighted by atomic mass is 10.1. The van der Waals surface area contributed by atoms with Crippen molar-refractivity contribution in [3.8, 4) is 0 Å². The van der Waals surface area contributed by atoms with Crippen molar-refractivity contribution in [3.05, 3.63) is 22.4 Å². The van der Waals surface area contributed by atoms with Gasteiger partial charge in [0, 0.05) is 31.3 Å². The molecule has 0 bridgehead atoms. The van der Waals surface area contributed by atoms with Crippen LogP contribution < -0.4 is 0 Å². The third-order valence-corrected chi connectivity index (χ3v) is 3.23. The Balaban J connectivity index is 2.00. The van der Waals surface area contributed by atoms with Crippen molar-refractivity contribution in [1.82, 2.24) is 4.90 Å². The highest BCUT2D eigenvalue weighted by Crippen LogP contribution is 2.28. The van der Waals surface area contributed by atoms with Gasteiger partial charge in [0.05, 0.1) is 5.56 Å². The van der Waals surface area contributed by atoms with Gasteiger partial charge in [-0.05, 0) is 11.4 Å². The first-order valence-electron chi connectivity index (χ1n) is 4.78. The quantitative estimate of drug-likeness (QED) is 0.727. The molecule has 2 heterocycles. The predicted octanol–water partition coefficient (Wildman–Crippen LogP) is 2.62. The van der Waals surface area contributed by atoms with E-state index in [1.165, 1.54) is 16.2 Å². The number of piperidine rings is 1. The van der Waals surface area contributed by atoms with Gasteiger partial charge < -0.3 is 4.90 Å². The third-order valence-electron chi connectivity index (χ3n) is 2.55. The van der Waals surface area contributed by atoms with Crippen molar-refractivity contribution < 1.29 is 13.6 Å². The third kappa shape index (κ3) is 2.34. The van der Waals surface area contributed by atoms with Crippen LogP contribution in [0.4, 0.5) is 8.78 Å². The molecule has 0 unspecified atom stereocenters. The predicted molar refractivity (Wildman–Crippen MR) is 54.4 cm³/mol. The van der Waals surface area contributed by atoms with Crippen LogP contribution in [-0.2, 0) is 0 Å². The molecule has 1 aliphatic rings. The van der Waals surface area contributed by atoms with E-state index >= 15 is 0 Å². The standard InChI is InChI=1S/C10H11F2NOS/c11-10(12)2-4-13(5-3-10)9(14)8-1-6-15-7-8/h1,6-7H,2-5H2. The van der Waals surface area contributed by atoms with E-state index in [1.54, 1.807) is 11.4 Å². The topological polar surface area (TPSA) is 20.3 Å². The summed E-state index contributed by atoms with van der Waals surface area (Å²) in [5.41, 5.74) is 0.602. The zero-order valence-corrected chi connectivity index (χ0v) is 8.90. The zero-order valence-electron chi connectivity index (χ0n) is 8.08. The molecule has 0 N–H and O–H groups in total. The summed E-state index contributed by atoms with van der Waals surface area (Å²) in [6.07, 6.45) is -0.439. The number of carbonyl (C=O) groups excluding carboxylic acids is 1. The molecule has 2 nitrogen and oxygen atoms in total. The number of alkyl halides is 2. The van der Waals surface area contributed by atoms with Gasteiger partial charge in [-0.25, -0.2) is 8.78 Å². The zero-order chi connectivity index (χ0) is 10.9. The summed E-state index contributed by atoms with van der Waals surface area (Å²) in [6, 6.07) is 1.72. The van der Waals surface area contributed by atoms with E-state index in [0.717, 1.165) is 0 Å². The summed E-state index contributed by atoms with van der Waals surface area (Å²) in [5, 5.41) is 3.56. The Hall–Kier alpha value is -0.970. The fourth-order valence-corrected chi connectivity index (χ4v) is 2.24. The molecule has 1 aromatic heterocycles. The van der Waals surface area contributed by atoms with Crippen molar-refractivity contribution in [1.29, 1.82) is 0 Å². The summed E-state index contributed by atoms with van der Waals surface area (Å²) >= 11 is 1.44. The number of rotatable bonds is 1. The van der Waals surface area contributed by atoms with Gasteiger partial charge in [-0.3, -0.25) is 4.79 Å². The van der Waals surface area contributed by atoms with Gasteiger partial charge in [0.15, 0.2) is 0 Å². The number of nitrogens with zero attached hydrogens (tertiary/aromatic N) is 1. The first-order chi connectivity index (χ1) is 7.08. The molecule has 0 aliphatic carbocycles. The Morgan fingerprint density at radius 2 is 2.07 bits per heavy atom. The smallest absolute Gasteiger partial charge is 0.254 e. The van der Waals surface area contributed by atoms with Gasteiger partial charge in [-0.15, -0.1) is 0 Å². The second-order valence-corrected chi connectivity index (χ2v) is 4.44. The monoisotopic (exact) mass is 231 g/mol. The van der Waals surface area contributed by atoms with Crippen LogP contribution in [0.25, 0.3) is 0 Å². The van der Waals surface area contributed by atoms with Crippen LogP contribution in [-0.4, -0.2) is 29.8 Å². The first kappa shape index (κ1) is 10.5. The minimum atomic E-state index is -2.59. The van der Waals surface area contributed by atoms with Gasteiger partial charge in [0.2, 0.25) is 0 Å². The van der Waals surface area contributed by atoms with Gasteiger partial charge in [-0.1, -0.05) is 0 Å². The van der Waals surface area contributed by atoms with Crippen molar-refractivity contribution in [2.45, 2.75) is 18.8 Å². The molecule has 0 saturated carbocycles. The second-order valence-electron chi connectivity index (χ2n) is 3.66. The lowest BCUT2D eigenvalue weighted by Crippen LogP contribution is -2.42. The Labute approximate surface area is 90.5 Å². The molecule has 15 heavy (non-hydrogen) atoms. The van der Waals surface area contributed by atoms with Crippen LogP contribution in [0, 0.1) is 0 Å². The van der Waals surface area contributed by atoms with Gasteiger partial charge in [-0.2, -0.15) is 11.3 Å². The van der Waals surface area contributed by atoms with Gasteiger partial charge in [0.1, 0.15) is 0 Å². The number of hydrogen-bond donors (Lipinski definition) is 0.